The Kier molecular flexibility index (Phi) is 6.73. The molecular weight excluding hydrogens is 374 g/mol. The molecule has 146 valence electrons. The fourth-order valence-corrected chi connectivity index (χ4v) is 3.20. The summed E-state index contributed by atoms with van der Waals surface area (Å²) in [5.74, 6) is 0.152. The molecule has 1 aromatic rings. The van der Waals surface area contributed by atoms with E-state index in [9.17, 15) is 14.4 Å². The molecule has 0 aliphatic carbocycles. The van der Waals surface area contributed by atoms with Crippen LogP contribution in [-0.2, 0) is 14.3 Å². The monoisotopic (exact) mass is 395 g/mol. The zero-order chi connectivity index (χ0) is 20.1. The first-order valence-corrected chi connectivity index (χ1v) is 8.87. The summed E-state index contributed by atoms with van der Waals surface area (Å²) in [6.45, 7) is 2.95. The van der Waals surface area contributed by atoms with Crippen LogP contribution in [-0.4, -0.2) is 56.0 Å². The zero-order valence-electron chi connectivity index (χ0n) is 15.7. The van der Waals surface area contributed by atoms with Gasteiger partial charge in [0.25, 0.3) is 11.1 Å². The van der Waals surface area contributed by atoms with Gasteiger partial charge in [-0.05, 0) is 37.8 Å². The molecule has 1 heterocycles. The first-order valence-electron chi connectivity index (χ1n) is 8.05. The van der Waals surface area contributed by atoms with Crippen molar-refractivity contribution in [1.29, 1.82) is 0 Å². The second kappa shape index (κ2) is 8.81. The summed E-state index contributed by atoms with van der Waals surface area (Å²) in [6, 6.07) is 3.26. The summed E-state index contributed by atoms with van der Waals surface area (Å²) in [6.07, 6.45) is 1.18. The quantitative estimate of drug-likeness (QED) is 0.514. The van der Waals surface area contributed by atoms with Crippen LogP contribution in [0.15, 0.2) is 17.0 Å². The van der Waals surface area contributed by atoms with Crippen LogP contribution in [0.25, 0.3) is 6.08 Å². The van der Waals surface area contributed by atoms with Crippen molar-refractivity contribution in [3.63, 3.8) is 0 Å². The van der Waals surface area contributed by atoms with Gasteiger partial charge in [-0.2, -0.15) is 0 Å². The Morgan fingerprint density at radius 1 is 1.07 bits per heavy atom. The van der Waals surface area contributed by atoms with Crippen LogP contribution >= 0.6 is 11.8 Å². The van der Waals surface area contributed by atoms with Crippen molar-refractivity contribution in [2.75, 3.05) is 27.9 Å². The molecule has 0 radical (unpaired) electrons. The van der Waals surface area contributed by atoms with Gasteiger partial charge in [0.05, 0.1) is 32.3 Å². The maximum atomic E-state index is 12.5. The van der Waals surface area contributed by atoms with Crippen LogP contribution in [0.3, 0.4) is 0 Å². The molecule has 8 nitrogen and oxygen atoms in total. The van der Waals surface area contributed by atoms with Gasteiger partial charge < -0.3 is 18.9 Å². The number of ether oxygens (including phenoxy) is 4. The number of hydrogen-bond acceptors (Lipinski definition) is 8. The Labute approximate surface area is 161 Å². The first kappa shape index (κ1) is 20.6. The van der Waals surface area contributed by atoms with Crippen molar-refractivity contribution in [2.24, 2.45) is 0 Å². The number of nitrogens with zero attached hydrogens (tertiary/aromatic N) is 1. The minimum atomic E-state index is -0.641. The van der Waals surface area contributed by atoms with Crippen molar-refractivity contribution in [3.05, 3.63) is 22.6 Å². The highest BCUT2D eigenvalue weighted by Gasteiger charge is 2.37. The second-order valence-corrected chi connectivity index (χ2v) is 6.75. The third-order valence-electron chi connectivity index (χ3n) is 3.55. The summed E-state index contributed by atoms with van der Waals surface area (Å²) in [5.41, 5.74) is 0.533. The molecule has 1 aromatic carbocycles. The molecule has 2 amide bonds. The first-order chi connectivity index (χ1) is 12.8. The number of hydrogen-bond donors (Lipinski definition) is 0. The van der Waals surface area contributed by atoms with Crippen LogP contribution < -0.4 is 14.2 Å². The Balaban J connectivity index is 2.31. The van der Waals surface area contributed by atoms with Crippen LogP contribution in [0.4, 0.5) is 4.79 Å². The number of benzene rings is 1. The summed E-state index contributed by atoms with van der Waals surface area (Å²) >= 11 is 0.743. The van der Waals surface area contributed by atoms with E-state index in [1.807, 2.05) is 0 Å². The third-order valence-corrected chi connectivity index (χ3v) is 4.46. The van der Waals surface area contributed by atoms with Gasteiger partial charge in [0.15, 0.2) is 11.5 Å². The molecule has 2 rings (SSSR count). The normalized spacial score (nSPS) is 15.5. The minimum Gasteiger partial charge on any atom is -0.496 e. The molecule has 0 saturated carbocycles. The van der Waals surface area contributed by atoms with Gasteiger partial charge >= 0.3 is 5.97 Å². The van der Waals surface area contributed by atoms with E-state index in [2.05, 4.69) is 0 Å². The minimum absolute atomic E-state index is 0.169. The molecule has 1 aliphatic heterocycles. The molecule has 1 fully saturated rings. The van der Waals surface area contributed by atoms with Crippen LogP contribution in [0.1, 0.15) is 19.4 Å². The molecular formula is C18H21NO7S. The van der Waals surface area contributed by atoms with E-state index in [1.54, 1.807) is 26.0 Å². The maximum absolute atomic E-state index is 12.5. The molecule has 0 N–H and O–H groups in total. The molecule has 0 spiro atoms. The second-order valence-electron chi connectivity index (χ2n) is 5.76. The predicted octanol–water partition coefficient (Wildman–Crippen LogP) is 2.70. The van der Waals surface area contributed by atoms with E-state index in [-0.39, 0.29) is 11.0 Å². The van der Waals surface area contributed by atoms with Crippen molar-refractivity contribution in [1.82, 2.24) is 4.90 Å². The summed E-state index contributed by atoms with van der Waals surface area (Å²) in [4.78, 5) is 37.5. The van der Waals surface area contributed by atoms with E-state index in [1.165, 1.54) is 27.4 Å². The van der Waals surface area contributed by atoms with Gasteiger partial charge in [0.2, 0.25) is 0 Å². The lowest BCUT2D eigenvalue weighted by atomic mass is 10.1. The number of imide groups is 1. The van der Waals surface area contributed by atoms with Gasteiger partial charge in [-0.1, -0.05) is 0 Å². The molecule has 9 heteroatoms. The molecule has 1 aliphatic rings. The Morgan fingerprint density at radius 2 is 1.67 bits per heavy atom. The van der Waals surface area contributed by atoms with Gasteiger partial charge in [-0.3, -0.25) is 19.3 Å². The van der Waals surface area contributed by atoms with Crippen LogP contribution in [0, 0.1) is 0 Å². The van der Waals surface area contributed by atoms with Crippen molar-refractivity contribution in [2.45, 2.75) is 20.0 Å². The number of amides is 2. The fourth-order valence-electron chi connectivity index (χ4n) is 2.37. The molecule has 0 bridgehead atoms. The highest BCUT2D eigenvalue weighted by molar-refractivity contribution is 8.18. The number of carbonyl (C=O) groups is 3. The van der Waals surface area contributed by atoms with Crippen LogP contribution in [0.2, 0.25) is 0 Å². The Hall–Kier alpha value is -2.68. The van der Waals surface area contributed by atoms with Gasteiger partial charge in [0.1, 0.15) is 12.3 Å². The largest absolute Gasteiger partial charge is 0.496 e. The average Bonchev–Trinajstić information content (AvgIpc) is 2.88. The molecule has 0 aromatic heterocycles. The van der Waals surface area contributed by atoms with Gasteiger partial charge in [0, 0.05) is 11.6 Å². The topological polar surface area (TPSA) is 91.4 Å². The van der Waals surface area contributed by atoms with E-state index in [4.69, 9.17) is 18.9 Å². The number of rotatable bonds is 7. The SMILES string of the molecule is COc1cc(OC)c(OC)cc1/C=C1/SC(=O)N(CC(=O)OC(C)C)C1=O. The summed E-state index contributed by atoms with van der Waals surface area (Å²) in [7, 11) is 4.47. The summed E-state index contributed by atoms with van der Waals surface area (Å²) in [5, 5.41) is -0.536. The van der Waals surface area contributed by atoms with Crippen molar-refractivity contribution >= 4 is 35.0 Å². The van der Waals surface area contributed by atoms with Crippen molar-refractivity contribution in [3.8, 4) is 17.2 Å². The maximum Gasteiger partial charge on any atom is 0.326 e. The van der Waals surface area contributed by atoms with E-state index in [0.29, 0.717) is 22.8 Å². The number of carbonyl (C=O) groups excluding carboxylic acids is 3. The average molecular weight is 395 g/mol. The van der Waals surface area contributed by atoms with Gasteiger partial charge in [-0.15, -0.1) is 0 Å². The summed E-state index contributed by atoms with van der Waals surface area (Å²) < 4.78 is 20.8. The van der Waals surface area contributed by atoms with E-state index in [0.717, 1.165) is 16.7 Å². The number of esters is 1. The highest BCUT2D eigenvalue weighted by Crippen LogP contribution is 2.38. The molecule has 0 atom stereocenters. The molecule has 1 saturated heterocycles. The van der Waals surface area contributed by atoms with Crippen LogP contribution in [0.5, 0.6) is 17.2 Å². The Morgan fingerprint density at radius 3 is 2.22 bits per heavy atom. The number of thioether (sulfide) groups is 1. The lowest BCUT2D eigenvalue weighted by Crippen LogP contribution is -2.35. The predicted molar refractivity (Wildman–Crippen MR) is 100 cm³/mol. The smallest absolute Gasteiger partial charge is 0.326 e. The number of methoxy groups -OCH3 is 3. The van der Waals surface area contributed by atoms with E-state index < -0.39 is 23.7 Å². The lowest BCUT2D eigenvalue weighted by molar-refractivity contribution is -0.149. The third kappa shape index (κ3) is 4.73. The molecule has 27 heavy (non-hydrogen) atoms. The standard InChI is InChI=1S/C18H21NO7S/c1-10(2)26-16(20)9-19-17(21)15(27-18(19)22)7-11-6-13(24-4)14(25-5)8-12(11)23-3/h6-8,10H,9H2,1-5H3/b15-7+. The highest BCUT2D eigenvalue weighted by atomic mass is 32.2. The lowest BCUT2D eigenvalue weighted by Gasteiger charge is -2.13. The Bertz CT molecular complexity index is 788. The van der Waals surface area contributed by atoms with Gasteiger partial charge in [-0.25, -0.2) is 0 Å². The zero-order valence-corrected chi connectivity index (χ0v) is 16.5. The molecule has 0 unspecified atom stereocenters. The van der Waals surface area contributed by atoms with E-state index >= 15 is 0 Å². The van der Waals surface area contributed by atoms with Crippen molar-refractivity contribution < 1.29 is 33.3 Å². The fraction of sp³-hybridized carbons (Fsp3) is 0.389.